The van der Waals surface area contributed by atoms with Crippen LogP contribution < -0.4 is 5.32 Å². The predicted molar refractivity (Wildman–Crippen MR) is 90.9 cm³/mol. The summed E-state index contributed by atoms with van der Waals surface area (Å²) in [6.07, 6.45) is 0. The first-order valence-electron chi connectivity index (χ1n) is 6.24. The summed E-state index contributed by atoms with van der Waals surface area (Å²) in [6.45, 7) is 6.56. The van der Waals surface area contributed by atoms with E-state index in [1.807, 2.05) is 11.3 Å². The highest BCUT2D eigenvalue weighted by Gasteiger charge is 2.14. The molecule has 0 aliphatic heterocycles. The smallest absolute Gasteiger partial charge is 0.0391 e. The van der Waals surface area contributed by atoms with Crippen molar-refractivity contribution in [2.24, 2.45) is 0 Å². The number of halogens is 2. The minimum atomic E-state index is 0.305. The van der Waals surface area contributed by atoms with Crippen molar-refractivity contribution in [2.75, 3.05) is 0 Å². The number of rotatable bonds is 4. The predicted octanol–water partition coefficient (Wildman–Crippen LogP) is 5.99. The van der Waals surface area contributed by atoms with E-state index in [2.05, 4.69) is 88.3 Å². The maximum atomic E-state index is 3.65. The second-order valence-corrected chi connectivity index (χ2v) is 7.81. The standard InChI is InChI=1S/C15H17Br2NS/c1-9-4-7-15(19-9)11(3)18-10(2)13-6-5-12(16)8-14(13)17/h4-8,10-11,18H,1-3H3. The second-order valence-electron chi connectivity index (χ2n) is 4.72. The number of nitrogens with one attached hydrogen (secondary N) is 1. The Bertz CT molecular complexity index is 565. The molecule has 1 N–H and O–H groups in total. The Balaban J connectivity index is 2.10. The molecule has 0 fully saturated rings. The Kier molecular flexibility index (Phi) is 5.23. The molecule has 0 aliphatic carbocycles. The molecule has 1 aromatic heterocycles. The van der Waals surface area contributed by atoms with Gasteiger partial charge in [-0.2, -0.15) is 0 Å². The minimum Gasteiger partial charge on any atom is -0.303 e. The van der Waals surface area contributed by atoms with E-state index in [0.29, 0.717) is 12.1 Å². The average molecular weight is 403 g/mol. The van der Waals surface area contributed by atoms with Crippen LogP contribution in [0.1, 0.15) is 41.2 Å². The van der Waals surface area contributed by atoms with E-state index in [1.54, 1.807) is 0 Å². The summed E-state index contributed by atoms with van der Waals surface area (Å²) in [5.74, 6) is 0. The van der Waals surface area contributed by atoms with Gasteiger partial charge in [0.15, 0.2) is 0 Å². The fraction of sp³-hybridized carbons (Fsp3) is 0.333. The van der Waals surface area contributed by atoms with Gasteiger partial charge in [0.1, 0.15) is 0 Å². The van der Waals surface area contributed by atoms with Crippen LogP contribution >= 0.6 is 43.2 Å². The summed E-state index contributed by atoms with van der Waals surface area (Å²) in [5, 5.41) is 3.65. The molecule has 0 radical (unpaired) electrons. The van der Waals surface area contributed by atoms with Gasteiger partial charge in [-0.3, -0.25) is 0 Å². The molecule has 2 atom stereocenters. The maximum absolute atomic E-state index is 3.65. The molecule has 0 aliphatic rings. The molecule has 19 heavy (non-hydrogen) atoms. The fourth-order valence-corrected chi connectivity index (χ4v) is 4.36. The van der Waals surface area contributed by atoms with Crippen LogP contribution in [0.15, 0.2) is 39.3 Å². The first-order chi connectivity index (χ1) is 8.97. The zero-order valence-electron chi connectivity index (χ0n) is 11.2. The Hall–Kier alpha value is -0.160. The van der Waals surface area contributed by atoms with Gasteiger partial charge in [-0.15, -0.1) is 11.3 Å². The first-order valence-corrected chi connectivity index (χ1v) is 8.65. The maximum Gasteiger partial charge on any atom is 0.0391 e. The summed E-state index contributed by atoms with van der Waals surface area (Å²) in [5.41, 5.74) is 1.28. The van der Waals surface area contributed by atoms with Gasteiger partial charge in [-0.05, 0) is 50.6 Å². The zero-order valence-corrected chi connectivity index (χ0v) is 15.2. The second kappa shape index (κ2) is 6.53. The third kappa shape index (κ3) is 3.91. The van der Waals surface area contributed by atoms with E-state index < -0.39 is 0 Å². The van der Waals surface area contributed by atoms with E-state index in [0.717, 1.165) is 8.95 Å². The monoisotopic (exact) mass is 401 g/mol. The SMILES string of the molecule is Cc1ccc(C(C)NC(C)c2ccc(Br)cc2Br)s1. The molecule has 4 heteroatoms. The summed E-state index contributed by atoms with van der Waals surface area (Å²) >= 11 is 8.98. The van der Waals surface area contributed by atoms with Crippen molar-refractivity contribution in [3.05, 3.63) is 54.6 Å². The van der Waals surface area contributed by atoms with Crippen molar-refractivity contribution >= 4 is 43.2 Å². The van der Waals surface area contributed by atoms with Gasteiger partial charge in [-0.25, -0.2) is 0 Å². The minimum absolute atomic E-state index is 0.305. The van der Waals surface area contributed by atoms with Crippen LogP contribution in [-0.4, -0.2) is 0 Å². The van der Waals surface area contributed by atoms with Crippen molar-refractivity contribution in [1.29, 1.82) is 0 Å². The van der Waals surface area contributed by atoms with Gasteiger partial charge in [0, 0.05) is 30.8 Å². The molecule has 0 saturated carbocycles. The van der Waals surface area contributed by atoms with Crippen molar-refractivity contribution in [2.45, 2.75) is 32.9 Å². The van der Waals surface area contributed by atoms with Crippen LogP contribution in [0, 0.1) is 6.92 Å². The Morgan fingerprint density at radius 2 is 1.79 bits per heavy atom. The normalized spacial score (nSPS) is 14.4. The van der Waals surface area contributed by atoms with Crippen molar-refractivity contribution < 1.29 is 0 Å². The number of thiophene rings is 1. The molecule has 1 nitrogen and oxygen atoms in total. The lowest BCUT2D eigenvalue weighted by Gasteiger charge is -2.20. The lowest BCUT2D eigenvalue weighted by Crippen LogP contribution is -2.22. The van der Waals surface area contributed by atoms with Gasteiger partial charge >= 0.3 is 0 Å². The van der Waals surface area contributed by atoms with Crippen LogP contribution in [0.2, 0.25) is 0 Å². The van der Waals surface area contributed by atoms with E-state index >= 15 is 0 Å². The largest absolute Gasteiger partial charge is 0.303 e. The quantitative estimate of drug-likeness (QED) is 0.661. The summed E-state index contributed by atoms with van der Waals surface area (Å²) < 4.78 is 2.23. The van der Waals surface area contributed by atoms with Gasteiger partial charge in [0.25, 0.3) is 0 Å². The number of hydrogen-bond donors (Lipinski definition) is 1. The highest BCUT2D eigenvalue weighted by Crippen LogP contribution is 2.29. The summed E-state index contributed by atoms with van der Waals surface area (Å²) in [6, 6.07) is 11.4. The van der Waals surface area contributed by atoms with Crippen LogP contribution in [-0.2, 0) is 0 Å². The molecule has 2 aromatic rings. The number of aryl methyl sites for hydroxylation is 1. The average Bonchev–Trinajstić information content (AvgIpc) is 2.75. The highest BCUT2D eigenvalue weighted by atomic mass is 79.9. The molecule has 102 valence electrons. The number of benzene rings is 1. The van der Waals surface area contributed by atoms with E-state index in [1.165, 1.54) is 15.3 Å². The van der Waals surface area contributed by atoms with Crippen LogP contribution in [0.3, 0.4) is 0 Å². The van der Waals surface area contributed by atoms with E-state index in [-0.39, 0.29) is 0 Å². The first kappa shape index (κ1) is 15.2. The summed E-state index contributed by atoms with van der Waals surface area (Å²) in [4.78, 5) is 2.75. The Morgan fingerprint density at radius 1 is 1.05 bits per heavy atom. The van der Waals surface area contributed by atoms with E-state index in [9.17, 15) is 0 Å². The lowest BCUT2D eigenvalue weighted by atomic mass is 10.1. The fourth-order valence-electron chi connectivity index (χ4n) is 2.09. The van der Waals surface area contributed by atoms with Crippen LogP contribution in [0.4, 0.5) is 0 Å². The molecular formula is C15H17Br2NS. The summed E-state index contributed by atoms with van der Waals surface area (Å²) in [7, 11) is 0. The van der Waals surface area contributed by atoms with Crippen LogP contribution in [0.25, 0.3) is 0 Å². The van der Waals surface area contributed by atoms with Gasteiger partial charge in [-0.1, -0.05) is 37.9 Å². The molecule has 1 aromatic carbocycles. The molecule has 0 amide bonds. The Morgan fingerprint density at radius 3 is 2.37 bits per heavy atom. The lowest BCUT2D eigenvalue weighted by molar-refractivity contribution is 0.499. The highest BCUT2D eigenvalue weighted by molar-refractivity contribution is 9.11. The van der Waals surface area contributed by atoms with Crippen molar-refractivity contribution in [1.82, 2.24) is 5.32 Å². The molecule has 0 bridgehead atoms. The molecule has 0 spiro atoms. The van der Waals surface area contributed by atoms with Gasteiger partial charge < -0.3 is 5.32 Å². The number of hydrogen-bond acceptors (Lipinski definition) is 2. The van der Waals surface area contributed by atoms with Crippen molar-refractivity contribution in [3.8, 4) is 0 Å². The molecule has 0 saturated heterocycles. The molecular weight excluding hydrogens is 386 g/mol. The van der Waals surface area contributed by atoms with Crippen molar-refractivity contribution in [3.63, 3.8) is 0 Å². The molecule has 2 unspecified atom stereocenters. The molecule has 1 heterocycles. The van der Waals surface area contributed by atoms with E-state index in [4.69, 9.17) is 0 Å². The van der Waals surface area contributed by atoms with Gasteiger partial charge in [0.05, 0.1) is 0 Å². The van der Waals surface area contributed by atoms with Gasteiger partial charge in [0.2, 0.25) is 0 Å². The zero-order chi connectivity index (χ0) is 14.0. The third-order valence-corrected chi connectivity index (χ3v) is 5.48. The Labute approximate surface area is 135 Å². The topological polar surface area (TPSA) is 12.0 Å². The molecule has 2 rings (SSSR count). The van der Waals surface area contributed by atoms with Crippen LogP contribution in [0.5, 0.6) is 0 Å². The third-order valence-electron chi connectivity index (χ3n) is 3.12.